The van der Waals surface area contributed by atoms with E-state index in [-0.39, 0.29) is 5.41 Å². The van der Waals surface area contributed by atoms with Crippen LogP contribution in [0.3, 0.4) is 0 Å². The van der Waals surface area contributed by atoms with Crippen molar-refractivity contribution in [3.05, 3.63) is 139 Å². The molecule has 1 saturated carbocycles. The summed E-state index contributed by atoms with van der Waals surface area (Å²) in [5.41, 5.74) is 9.18. The molecule has 0 radical (unpaired) electrons. The van der Waals surface area contributed by atoms with E-state index in [1.54, 1.807) is 0 Å². The number of nitrogens with zero attached hydrogens (tertiary/aromatic N) is 4. The minimum absolute atomic E-state index is 0.199. The van der Waals surface area contributed by atoms with Gasteiger partial charge in [0.25, 0.3) is 0 Å². The lowest BCUT2D eigenvalue weighted by Gasteiger charge is -2.35. The van der Waals surface area contributed by atoms with Crippen molar-refractivity contribution in [1.82, 2.24) is 15.0 Å². The molecule has 0 amide bonds. The summed E-state index contributed by atoms with van der Waals surface area (Å²) >= 11 is 0. The van der Waals surface area contributed by atoms with Crippen molar-refractivity contribution < 1.29 is 0 Å². The highest BCUT2D eigenvalue weighted by molar-refractivity contribution is 5.80. The molecular weight excluding hydrogens is 597 g/mol. The Hall–Kier alpha value is -5.40. The fraction of sp³-hybridized carbons (Fsp3) is 0.244. The van der Waals surface area contributed by atoms with Gasteiger partial charge < -0.3 is 0 Å². The first-order chi connectivity index (χ1) is 23.9. The Kier molecular flexibility index (Phi) is 9.18. The van der Waals surface area contributed by atoms with Gasteiger partial charge in [0.05, 0.1) is 11.6 Å². The largest absolute Gasteiger partial charge is 0.208 e. The molecule has 0 saturated heterocycles. The lowest BCUT2D eigenvalue weighted by molar-refractivity contribution is 0.295. The summed E-state index contributed by atoms with van der Waals surface area (Å²) in [7, 11) is 0. The number of hydrogen-bond acceptors (Lipinski definition) is 4. The van der Waals surface area contributed by atoms with E-state index in [1.165, 1.54) is 31.2 Å². The molecule has 3 atom stereocenters. The second kappa shape index (κ2) is 14.0. The third-order valence-corrected chi connectivity index (χ3v) is 10.4. The van der Waals surface area contributed by atoms with Gasteiger partial charge in [0.1, 0.15) is 0 Å². The van der Waals surface area contributed by atoms with Crippen LogP contribution in [0.25, 0.3) is 56.4 Å². The van der Waals surface area contributed by atoms with E-state index in [1.807, 2.05) is 60.7 Å². The second-order valence-corrected chi connectivity index (χ2v) is 13.9. The monoisotopic (exact) mass is 638 g/mol. The van der Waals surface area contributed by atoms with Gasteiger partial charge in [-0.15, -0.1) is 0 Å². The first-order valence-electron chi connectivity index (χ1n) is 17.6. The number of aromatic nitrogens is 3. The van der Waals surface area contributed by atoms with Crippen molar-refractivity contribution in [2.24, 2.45) is 11.8 Å². The average molecular weight is 639 g/mol. The predicted octanol–water partition coefficient (Wildman–Crippen LogP) is 11.6. The number of nitriles is 1. The summed E-state index contributed by atoms with van der Waals surface area (Å²) in [5, 5.41) is 9.63. The van der Waals surface area contributed by atoms with Crippen LogP contribution in [0.15, 0.2) is 127 Å². The third kappa shape index (κ3) is 6.94. The minimum atomic E-state index is 0.199. The summed E-state index contributed by atoms with van der Waals surface area (Å²) in [4.78, 5) is 15.3. The Morgan fingerprint density at radius 1 is 0.551 bits per heavy atom. The smallest absolute Gasteiger partial charge is 0.164 e. The minimum Gasteiger partial charge on any atom is -0.208 e. The molecule has 1 aliphatic rings. The lowest BCUT2D eigenvalue weighted by atomic mass is 9.69. The predicted molar refractivity (Wildman–Crippen MR) is 200 cm³/mol. The van der Waals surface area contributed by atoms with Crippen molar-refractivity contribution in [2.45, 2.75) is 58.3 Å². The third-order valence-electron chi connectivity index (χ3n) is 10.4. The van der Waals surface area contributed by atoms with Crippen molar-refractivity contribution in [3.8, 4) is 62.5 Å². The quantitative estimate of drug-likeness (QED) is 0.163. The average Bonchev–Trinajstić information content (AvgIpc) is 3.32. The van der Waals surface area contributed by atoms with Gasteiger partial charge in [0.15, 0.2) is 17.5 Å². The molecule has 0 spiro atoms. The van der Waals surface area contributed by atoms with Crippen LogP contribution in [0.5, 0.6) is 0 Å². The van der Waals surface area contributed by atoms with Gasteiger partial charge in [-0.05, 0) is 94.7 Å². The van der Waals surface area contributed by atoms with E-state index in [9.17, 15) is 5.26 Å². The molecule has 0 aliphatic heterocycles. The molecule has 0 N–H and O–H groups in total. The Morgan fingerprint density at radius 2 is 1.04 bits per heavy atom. The molecule has 242 valence electrons. The Morgan fingerprint density at radius 3 is 1.61 bits per heavy atom. The first kappa shape index (κ1) is 32.2. The SMILES string of the molecule is CCC1(c2ccc(-c3nc(-c4ccccc4)nc(-c4cc(-c5ccccc5)cc(-c5cccc(C#N)c5)c4)n3)cc2)C[C@H](C)CC[C@H](C)C1. The zero-order chi connectivity index (χ0) is 33.8. The summed E-state index contributed by atoms with van der Waals surface area (Å²) in [6.07, 6.45) is 6.24. The summed E-state index contributed by atoms with van der Waals surface area (Å²) in [6, 6.07) is 46.0. The molecule has 6 aromatic rings. The van der Waals surface area contributed by atoms with E-state index in [0.717, 1.165) is 57.2 Å². The summed E-state index contributed by atoms with van der Waals surface area (Å²) in [6.45, 7) is 7.21. The molecule has 1 fully saturated rings. The Balaban J connectivity index is 1.37. The maximum Gasteiger partial charge on any atom is 0.164 e. The van der Waals surface area contributed by atoms with Crippen LogP contribution in [-0.2, 0) is 5.41 Å². The number of benzene rings is 5. The fourth-order valence-corrected chi connectivity index (χ4v) is 7.73. The Labute approximate surface area is 290 Å². The van der Waals surface area contributed by atoms with Crippen LogP contribution in [0.1, 0.15) is 64.0 Å². The van der Waals surface area contributed by atoms with Crippen LogP contribution in [0.2, 0.25) is 0 Å². The van der Waals surface area contributed by atoms with E-state index in [0.29, 0.717) is 23.0 Å². The van der Waals surface area contributed by atoms with Gasteiger partial charge in [-0.1, -0.05) is 131 Å². The van der Waals surface area contributed by atoms with Crippen molar-refractivity contribution in [3.63, 3.8) is 0 Å². The molecule has 5 aromatic carbocycles. The van der Waals surface area contributed by atoms with E-state index in [4.69, 9.17) is 15.0 Å². The van der Waals surface area contributed by atoms with Crippen LogP contribution in [0, 0.1) is 23.2 Å². The first-order valence-corrected chi connectivity index (χ1v) is 17.6. The topological polar surface area (TPSA) is 62.5 Å². The van der Waals surface area contributed by atoms with Gasteiger partial charge in [-0.25, -0.2) is 15.0 Å². The number of hydrogen-bond donors (Lipinski definition) is 0. The fourth-order valence-electron chi connectivity index (χ4n) is 7.73. The van der Waals surface area contributed by atoms with Crippen LogP contribution < -0.4 is 0 Å². The molecule has 1 unspecified atom stereocenters. The van der Waals surface area contributed by atoms with E-state index < -0.39 is 0 Å². The highest BCUT2D eigenvalue weighted by Crippen LogP contribution is 2.45. The van der Waals surface area contributed by atoms with Gasteiger partial charge in [0, 0.05) is 16.7 Å². The van der Waals surface area contributed by atoms with Crippen molar-refractivity contribution in [2.75, 3.05) is 0 Å². The standard InChI is InChI=1S/C45H42N4/c1-4-45(28-31(2)18-19-32(3)29-45)41-22-20-36(21-23-41)43-47-42(35-15-9-6-10-16-35)48-44(49-43)40-26-38(34-13-7-5-8-14-34)25-39(27-40)37-17-11-12-33(24-37)30-46/h5-17,20-27,31-32H,4,18-19,28-29H2,1-3H3/t31-,32+,45?. The highest BCUT2D eigenvalue weighted by Gasteiger charge is 2.36. The normalized spacial score (nSPS) is 19.1. The van der Waals surface area contributed by atoms with Crippen LogP contribution in [0.4, 0.5) is 0 Å². The maximum absolute atomic E-state index is 9.63. The lowest BCUT2D eigenvalue weighted by Crippen LogP contribution is -2.28. The van der Waals surface area contributed by atoms with Gasteiger partial charge in [-0.3, -0.25) is 0 Å². The molecule has 1 aromatic heterocycles. The van der Waals surface area contributed by atoms with Crippen molar-refractivity contribution in [1.29, 1.82) is 5.26 Å². The highest BCUT2D eigenvalue weighted by atomic mass is 15.0. The zero-order valence-corrected chi connectivity index (χ0v) is 28.6. The molecule has 49 heavy (non-hydrogen) atoms. The van der Waals surface area contributed by atoms with Gasteiger partial charge in [-0.2, -0.15) is 5.26 Å². The van der Waals surface area contributed by atoms with Crippen LogP contribution >= 0.6 is 0 Å². The van der Waals surface area contributed by atoms with Crippen molar-refractivity contribution >= 4 is 0 Å². The molecule has 1 heterocycles. The van der Waals surface area contributed by atoms with Gasteiger partial charge >= 0.3 is 0 Å². The number of rotatable bonds is 7. The van der Waals surface area contributed by atoms with Gasteiger partial charge in [0.2, 0.25) is 0 Å². The molecule has 4 heteroatoms. The molecular formula is C45H42N4. The summed E-state index contributed by atoms with van der Waals surface area (Å²) < 4.78 is 0. The zero-order valence-electron chi connectivity index (χ0n) is 28.6. The van der Waals surface area contributed by atoms with E-state index in [2.05, 4.69) is 93.6 Å². The summed E-state index contributed by atoms with van der Waals surface area (Å²) in [5.74, 6) is 3.35. The molecule has 4 nitrogen and oxygen atoms in total. The Bertz CT molecular complexity index is 2080. The maximum atomic E-state index is 9.63. The second-order valence-electron chi connectivity index (χ2n) is 13.9. The molecule has 0 bridgehead atoms. The van der Waals surface area contributed by atoms with E-state index >= 15 is 0 Å². The van der Waals surface area contributed by atoms with Crippen LogP contribution in [-0.4, -0.2) is 15.0 Å². The molecule has 7 rings (SSSR count). The molecule has 1 aliphatic carbocycles.